The first-order valence-corrected chi connectivity index (χ1v) is 11.3. The van der Waals surface area contributed by atoms with Crippen LogP contribution in [0.1, 0.15) is 12.5 Å². The highest BCUT2D eigenvalue weighted by Gasteiger charge is 2.17. The molecule has 0 aliphatic heterocycles. The van der Waals surface area contributed by atoms with Crippen LogP contribution in [-0.2, 0) is 4.79 Å². The number of nitrogens with one attached hydrogen (secondary N) is 1. The van der Waals surface area contributed by atoms with E-state index in [0.717, 1.165) is 11.3 Å². The zero-order valence-electron chi connectivity index (χ0n) is 18.2. The maximum atomic E-state index is 12.4. The molecule has 0 fully saturated rings. The number of non-ortho nitro benzene ring substituents is 1. The number of para-hydroxylation sites is 1. The van der Waals surface area contributed by atoms with Crippen LogP contribution in [0.4, 0.5) is 5.69 Å². The van der Waals surface area contributed by atoms with E-state index in [-0.39, 0.29) is 17.3 Å². The molecule has 0 atom stereocenters. The third kappa shape index (κ3) is 5.36. The SMILES string of the molecule is CC(=NNC(=O)CSc1nnc(-c2ccccc2)n1-c1ccccc1)c1ccc([N+](=O)[O-])cc1. The number of nitro benzene ring substituents is 1. The summed E-state index contributed by atoms with van der Waals surface area (Å²) in [5, 5.41) is 24.1. The monoisotopic (exact) mass is 472 g/mol. The van der Waals surface area contributed by atoms with Crippen LogP contribution >= 0.6 is 11.8 Å². The van der Waals surface area contributed by atoms with Gasteiger partial charge >= 0.3 is 0 Å². The lowest BCUT2D eigenvalue weighted by molar-refractivity contribution is -0.384. The average Bonchev–Trinajstić information content (AvgIpc) is 3.31. The lowest BCUT2D eigenvalue weighted by Crippen LogP contribution is -2.21. The van der Waals surface area contributed by atoms with E-state index in [1.807, 2.05) is 65.2 Å². The van der Waals surface area contributed by atoms with Gasteiger partial charge in [0.1, 0.15) is 0 Å². The number of nitrogens with zero attached hydrogens (tertiary/aromatic N) is 5. The number of hydrogen-bond acceptors (Lipinski definition) is 7. The molecular weight excluding hydrogens is 452 g/mol. The van der Waals surface area contributed by atoms with Gasteiger partial charge in [-0.25, -0.2) is 5.43 Å². The van der Waals surface area contributed by atoms with Crippen molar-refractivity contribution in [3.05, 3.63) is 101 Å². The summed E-state index contributed by atoms with van der Waals surface area (Å²) in [4.78, 5) is 22.8. The van der Waals surface area contributed by atoms with E-state index in [2.05, 4.69) is 20.7 Å². The average molecular weight is 473 g/mol. The maximum Gasteiger partial charge on any atom is 0.269 e. The molecule has 1 N–H and O–H groups in total. The molecule has 1 heterocycles. The molecule has 34 heavy (non-hydrogen) atoms. The molecule has 3 aromatic carbocycles. The molecular formula is C24H20N6O3S. The van der Waals surface area contributed by atoms with Crippen LogP contribution in [0.3, 0.4) is 0 Å². The third-order valence-corrected chi connectivity index (χ3v) is 5.79. The largest absolute Gasteiger partial charge is 0.272 e. The van der Waals surface area contributed by atoms with Gasteiger partial charge in [-0.1, -0.05) is 60.3 Å². The molecule has 4 rings (SSSR count). The fraction of sp³-hybridized carbons (Fsp3) is 0.0833. The smallest absolute Gasteiger partial charge is 0.269 e. The number of hydrogen-bond donors (Lipinski definition) is 1. The Morgan fingerprint density at radius 2 is 1.65 bits per heavy atom. The van der Waals surface area contributed by atoms with E-state index in [1.54, 1.807) is 19.1 Å². The second kappa shape index (κ2) is 10.5. The summed E-state index contributed by atoms with van der Waals surface area (Å²) in [5.41, 5.74) is 5.53. The molecule has 0 unspecified atom stereocenters. The normalized spacial score (nSPS) is 11.3. The number of nitro groups is 1. The van der Waals surface area contributed by atoms with E-state index < -0.39 is 4.92 Å². The number of aromatic nitrogens is 3. The van der Waals surface area contributed by atoms with E-state index in [0.29, 0.717) is 22.3 Å². The van der Waals surface area contributed by atoms with Gasteiger partial charge in [0.2, 0.25) is 0 Å². The first-order valence-electron chi connectivity index (χ1n) is 10.3. The Morgan fingerprint density at radius 1 is 1.00 bits per heavy atom. The zero-order chi connectivity index (χ0) is 23.9. The molecule has 0 spiro atoms. The number of carbonyl (C=O) groups is 1. The summed E-state index contributed by atoms with van der Waals surface area (Å²) >= 11 is 1.25. The molecule has 0 saturated carbocycles. The van der Waals surface area contributed by atoms with Gasteiger partial charge < -0.3 is 0 Å². The van der Waals surface area contributed by atoms with Crippen LogP contribution in [0.15, 0.2) is 95.2 Å². The minimum Gasteiger partial charge on any atom is -0.272 e. The molecule has 9 nitrogen and oxygen atoms in total. The van der Waals surface area contributed by atoms with E-state index >= 15 is 0 Å². The third-order valence-electron chi connectivity index (χ3n) is 4.86. The highest BCUT2D eigenvalue weighted by atomic mass is 32.2. The molecule has 10 heteroatoms. The predicted octanol–water partition coefficient (Wildman–Crippen LogP) is 4.48. The minimum absolute atomic E-state index is 0.00520. The summed E-state index contributed by atoms with van der Waals surface area (Å²) in [7, 11) is 0. The van der Waals surface area contributed by atoms with Crippen LogP contribution < -0.4 is 5.43 Å². The summed E-state index contributed by atoms with van der Waals surface area (Å²) in [5.74, 6) is 0.452. The van der Waals surface area contributed by atoms with Crippen molar-refractivity contribution >= 4 is 29.1 Å². The van der Waals surface area contributed by atoms with E-state index in [4.69, 9.17) is 0 Å². The molecule has 0 radical (unpaired) electrons. The Kier molecular flexibility index (Phi) is 7.09. The van der Waals surface area contributed by atoms with Gasteiger partial charge in [0, 0.05) is 23.4 Å². The first kappa shape index (κ1) is 22.9. The number of rotatable bonds is 8. The topological polar surface area (TPSA) is 115 Å². The van der Waals surface area contributed by atoms with Crippen molar-refractivity contribution in [2.24, 2.45) is 5.10 Å². The van der Waals surface area contributed by atoms with Crippen molar-refractivity contribution in [2.45, 2.75) is 12.1 Å². The molecule has 4 aromatic rings. The number of amides is 1. The highest BCUT2D eigenvalue weighted by Crippen LogP contribution is 2.27. The number of hydrazone groups is 1. The molecule has 1 aromatic heterocycles. The lowest BCUT2D eigenvalue weighted by Gasteiger charge is -2.10. The fourth-order valence-electron chi connectivity index (χ4n) is 3.14. The molecule has 170 valence electrons. The van der Waals surface area contributed by atoms with Crippen molar-refractivity contribution in [3.63, 3.8) is 0 Å². The van der Waals surface area contributed by atoms with Gasteiger partial charge in [0.15, 0.2) is 11.0 Å². The first-order chi connectivity index (χ1) is 16.5. The molecule has 1 amide bonds. The fourth-order valence-corrected chi connectivity index (χ4v) is 3.89. The summed E-state index contributed by atoms with van der Waals surface area (Å²) < 4.78 is 1.92. The Hall–Kier alpha value is -4.31. The van der Waals surface area contributed by atoms with Gasteiger partial charge in [0.05, 0.1) is 16.4 Å². The lowest BCUT2D eigenvalue weighted by atomic mass is 10.1. The van der Waals surface area contributed by atoms with Crippen molar-refractivity contribution in [1.29, 1.82) is 0 Å². The van der Waals surface area contributed by atoms with Crippen molar-refractivity contribution < 1.29 is 9.72 Å². The predicted molar refractivity (Wildman–Crippen MR) is 131 cm³/mol. The van der Waals surface area contributed by atoms with Crippen LogP contribution in [-0.4, -0.2) is 37.1 Å². The van der Waals surface area contributed by atoms with Crippen LogP contribution in [0.5, 0.6) is 0 Å². The van der Waals surface area contributed by atoms with Gasteiger partial charge in [-0.2, -0.15) is 5.10 Å². The number of thioether (sulfide) groups is 1. The number of carbonyl (C=O) groups excluding carboxylic acids is 1. The zero-order valence-corrected chi connectivity index (χ0v) is 19.0. The van der Waals surface area contributed by atoms with Crippen LogP contribution in [0.25, 0.3) is 17.1 Å². The Bertz CT molecular complexity index is 1320. The summed E-state index contributed by atoms with van der Waals surface area (Å²) in [6.07, 6.45) is 0. The van der Waals surface area contributed by atoms with Crippen molar-refractivity contribution in [3.8, 4) is 17.1 Å². The maximum absolute atomic E-state index is 12.4. The van der Waals surface area contributed by atoms with Crippen LogP contribution in [0.2, 0.25) is 0 Å². The van der Waals surface area contributed by atoms with Crippen LogP contribution in [0, 0.1) is 10.1 Å². The second-order valence-corrected chi connectivity index (χ2v) is 8.11. The summed E-state index contributed by atoms with van der Waals surface area (Å²) in [6, 6.07) is 25.4. The molecule has 0 bridgehead atoms. The van der Waals surface area contributed by atoms with Gasteiger partial charge in [-0.3, -0.25) is 19.5 Å². The molecule has 0 aliphatic carbocycles. The summed E-state index contributed by atoms with van der Waals surface area (Å²) in [6.45, 7) is 1.72. The van der Waals surface area contributed by atoms with E-state index in [1.165, 1.54) is 23.9 Å². The highest BCUT2D eigenvalue weighted by molar-refractivity contribution is 7.99. The Morgan fingerprint density at radius 3 is 2.29 bits per heavy atom. The van der Waals surface area contributed by atoms with Crippen molar-refractivity contribution in [2.75, 3.05) is 5.75 Å². The Balaban J connectivity index is 1.47. The molecule has 0 saturated heterocycles. The van der Waals surface area contributed by atoms with E-state index in [9.17, 15) is 14.9 Å². The Labute approximate surface area is 199 Å². The van der Waals surface area contributed by atoms with Gasteiger partial charge in [0.25, 0.3) is 11.6 Å². The standard InChI is InChI=1S/C24H20N6O3S/c1-17(18-12-14-21(15-13-18)30(32)33)25-26-22(31)16-34-24-28-27-23(19-8-4-2-5-9-19)29(24)20-10-6-3-7-11-20/h2-15H,16H2,1H3,(H,26,31). The van der Waals surface area contributed by atoms with Crippen molar-refractivity contribution in [1.82, 2.24) is 20.2 Å². The van der Waals surface area contributed by atoms with Gasteiger partial charge in [-0.05, 0) is 36.8 Å². The number of benzene rings is 3. The minimum atomic E-state index is -0.466. The van der Waals surface area contributed by atoms with Gasteiger partial charge in [-0.15, -0.1) is 10.2 Å². The second-order valence-electron chi connectivity index (χ2n) is 7.17. The molecule has 0 aliphatic rings. The quantitative estimate of drug-likeness (QED) is 0.175.